The molecule has 0 saturated carbocycles. The predicted molar refractivity (Wildman–Crippen MR) is 114 cm³/mol. The number of carbonyl (C=O) groups is 1. The van der Waals surface area contributed by atoms with Crippen molar-refractivity contribution < 1.29 is 22.7 Å². The van der Waals surface area contributed by atoms with E-state index in [1.54, 1.807) is 38.3 Å². The average Bonchev–Trinajstić information content (AvgIpc) is 2.71. The van der Waals surface area contributed by atoms with Gasteiger partial charge in [-0.3, -0.25) is 9.10 Å². The van der Waals surface area contributed by atoms with Gasteiger partial charge in [-0.15, -0.1) is 0 Å². The number of hydrogen-bond donors (Lipinski definition) is 1. The van der Waals surface area contributed by atoms with Crippen LogP contribution in [0.2, 0.25) is 0 Å². The van der Waals surface area contributed by atoms with Gasteiger partial charge in [0.05, 0.1) is 25.1 Å². The van der Waals surface area contributed by atoms with Gasteiger partial charge in [0, 0.05) is 7.05 Å². The SMILES string of the molecule is CC[C@@H](NC(=O)[C@@H](C)Oc1ccc(N(C)S(C)(=O)=O)cc1)c1ccc(OC)cc1. The third-order valence-electron chi connectivity index (χ3n) is 4.62. The molecular formula is C21H28N2O5S. The van der Waals surface area contributed by atoms with E-state index in [0.717, 1.165) is 24.0 Å². The quantitative estimate of drug-likeness (QED) is 0.674. The number of carbonyl (C=O) groups excluding carboxylic acids is 1. The number of hydrogen-bond acceptors (Lipinski definition) is 5. The first-order valence-electron chi connectivity index (χ1n) is 9.30. The minimum absolute atomic E-state index is 0.134. The molecule has 2 atom stereocenters. The van der Waals surface area contributed by atoms with Gasteiger partial charge in [0.15, 0.2) is 6.10 Å². The molecule has 0 heterocycles. The number of nitrogens with zero attached hydrogens (tertiary/aromatic N) is 1. The third-order valence-corrected chi connectivity index (χ3v) is 5.83. The Kier molecular flexibility index (Phi) is 7.50. The zero-order valence-electron chi connectivity index (χ0n) is 17.4. The summed E-state index contributed by atoms with van der Waals surface area (Å²) in [6.45, 7) is 3.67. The zero-order valence-corrected chi connectivity index (χ0v) is 18.2. The minimum Gasteiger partial charge on any atom is -0.497 e. The zero-order chi connectivity index (χ0) is 21.6. The highest BCUT2D eigenvalue weighted by Crippen LogP contribution is 2.22. The van der Waals surface area contributed by atoms with Crippen LogP contribution in [0.1, 0.15) is 31.9 Å². The maximum atomic E-state index is 12.6. The molecule has 0 aliphatic carbocycles. The van der Waals surface area contributed by atoms with Gasteiger partial charge in [-0.25, -0.2) is 8.42 Å². The van der Waals surface area contributed by atoms with Crippen molar-refractivity contribution in [1.82, 2.24) is 5.32 Å². The van der Waals surface area contributed by atoms with Crippen molar-refractivity contribution in [2.24, 2.45) is 0 Å². The standard InChI is InChI=1S/C21H28N2O5S/c1-6-20(16-7-11-18(27-4)12-8-16)22-21(24)15(2)28-19-13-9-17(10-14-19)23(3)29(5,25)26/h7-15,20H,6H2,1-5H3,(H,22,24)/t15-,20-/m1/s1. The number of sulfonamides is 1. The molecule has 2 rings (SSSR count). The van der Waals surface area contributed by atoms with E-state index < -0.39 is 16.1 Å². The highest BCUT2D eigenvalue weighted by molar-refractivity contribution is 7.92. The van der Waals surface area contributed by atoms with E-state index in [9.17, 15) is 13.2 Å². The summed E-state index contributed by atoms with van der Waals surface area (Å²) in [6, 6.07) is 14.0. The number of nitrogens with one attached hydrogen (secondary N) is 1. The summed E-state index contributed by atoms with van der Waals surface area (Å²) in [4.78, 5) is 12.6. The lowest BCUT2D eigenvalue weighted by molar-refractivity contribution is -0.128. The van der Waals surface area contributed by atoms with Gasteiger partial charge in [0.2, 0.25) is 10.0 Å². The summed E-state index contributed by atoms with van der Waals surface area (Å²) in [5.74, 6) is 1.01. The second-order valence-electron chi connectivity index (χ2n) is 6.73. The highest BCUT2D eigenvalue weighted by Gasteiger charge is 2.20. The van der Waals surface area contributed by atoms with Gasteiger partial charge in [0.25, 0.3) is 5.91 Å². The van der Waals surface area contributed by atoms with Crippen molar-refractivity contribution >= 4 is 21.6 Å². The maximum absolute atomic E-state index is 12.6. The monoisotopic (exact) mass is 420 g/mol. The topological polar surface area (TPSA) is 84.9 Å². The van der Waals surface area contributed by atoms with Crippen LogP contribution >= 0.6 is 0 Å². The molecule has 158 valence electrons. The normalized spacial score (nSPS) is 13.3. The van der Waals surface area contributed by atoms with Crippen molar-refractivity contribution in [1.29, 1.82) is 0 Å². The minimum atomic E-state index is -3.33. The Balaban J connectivity index is 2.00. The Morgan fingerprint density at radius 3 is 2.10 bits per heavy atom. The van der Waals surface area contributed by atoms with Crippen LogP contribution in [-0.2, 0) is 14.8 Å². The van der Waals surface area contributed by atoms with Crippen LogP contribution in [0.25, 0.3) is 0 Å². The Hall–Kier alpha value is -2.74. The van der Waals surface area contributed by atoms with Crippen molar-refractivity contribution in [3.63, 3.8) is 0 Å². The molecule has 0 spiro atoms. The van der Waals surface area contributed by atoms with E-state index in [1.807, 2.05) is 31.2 Å². The molecule has 0 aliphatic rings. The van der Waals surface area contributed by atoms with Crippen LogP contribution in [0, 0.1) is 0 Å². The van der Waals surface area contributed by atoms with Gasteiger partial charge in [-0.05, 0) is 55.3 Å². The Labute approximate surface area is 172 Å². The lowest BCUT2D eigenvalue weighted by Gasteiger charge is -2.21. The van der Waals surface area contributed by atoms with Gasteiger partial charge < -0.3 is 14.8 Å². The van der Waals surface area contributed by atoms with Crippen LogP contribution in [-0.4, -0.2) is 40.8 Å². The largest absolute Gasteiger partial charge is 0.497 e. The number of rotatable bonds is 9. The van der Waals surface area contributed by atoms with Crippen LogP contribution < -0.4 is 19.1 Å². The molecule has 29 heavy (non-hydrogen) atoms. The van der Waals surface area contributed by atoms with E-state index in [1.165, 1.54) is 11.4 Å². The first-order valence-corrected chi connectivity index (χ1v) is 11.2. The average molecular weight is 421 g/mol. The van der Waals surface area contributed by atoms with Gasteiger partial charge in [-0.2, -0.15) is 0 Å². The first kappa shape index (κ1) is 22.5. The number of ether oxygens (including phenoxy) is 2. The van der Waals surface area contributed by atoms with Crippen molar-refractivity contribution in [2.45, 2.75) is 32.4 Å². The summed E-state index contributed by atoms with van der Waals surface area (Å²) < 4.78 is 35.3. The molecular weight excluding hydrogens is 392 g/mol. The summed E-state index contributed by atoms with van der Waals surface area (Å²) in [5, 5.41) is 3.00. The Morgan fingerprint density at radius 1 is 1.07 bits per heavy atom. The fourth-order valence-corrected chi connectivity index (χ4v) is 3.23. The molecule has 8 heteroatoms. The van der Waals surface area contributed by atoms with Crippen molar-refractivity contribution in [3.8, 4) is 11.5 Å². The van der Waals surface area contributed by atoms with Crippen molar-refractivity contribution in [3.05, 3.63) is 54.1 Å². The first-order chi connectivity index (χ1) is 13.7. The van der Waals surface area contributed by atoms with Crippen molar-refractivity contribution in [2.75, 3.05) is 24.7 Å². The van der Waals surface area contributed by atoms with E-state index in [-0.39, 0.29) is 11.9 Å². The molecule has 0 aliphatic heterocycles. The van der Waals surface area contributed by atoms with Gasteiger partial charge >= 0.3 is 0 Å². The molecule has 1 amide bonds. The van der Waals surface area contributed by atoms with Gasteiger partial charge in [-0.1, -0.05) is 19.1 Å². The molecule has 0 unspecified atom stereocenters. The van der Waals surface area contributed by atoms with Crippen LogP contribution in [0.3, 0.4) is 0 Å². The molecule has 2 aromatic carbocycles. The summed E-state index contributed by atoms with van der Waals surface area (Å²) in [5.41, 5.74) is 1.50. The Bertz CT molecular complexity index is 911. The molecule has 0 bridgehead atoms. The fraction of sp³-hybridized carbons (Fsp3) is 0.381. The molecule has 2 aromatic rings. The molecule has 1 N–H and O–H groups in total. The summed E-state index contributed by atoms with van der Waals surface area (Å²) in [7, 11) is -0.245. The maximum Gasteiger partial charge on any atom is 0.261 e. The third kappa shape index (κ3) is 6.12. The molecule has 0 saturated heterocycles. The predicted octanol–water partition coefficient (Wildman–Crippen LogP) is 3.13. The van der Waals surface area contributed by atoms with E-state index in [2.05, 4.69) is 5.32 Å². The second-order valence-corrected chi connectivity index (χ2v) is 8.74. The van der Waals surface area contributed by atoms with Crippen LogP contribution in [0.15, 0.2) is 48.5 Å². The summed E-state index contributed by atoms with van der Waals surface area (Å²) in [6.07, 6.45) is 1.16. The van der Waals surface area contributed by atoms with E-state index in [4.69, 9.17) is 9.47 Å². The lowest BCUT2D eigenvalue weighted by atomic mass is 10.0. The number of amides is 1. The highest BCUT2D eigenvalue weighted by atomic mass is 32.2. The molecule has 0 aromatic heterocycles. The number of methoxy groups -OCH3 is 1. The summed E-state index contributed by atoms with van der Waals surface area (Å²) >= 11 is 0. The molecule has 7 nitrogen and oxygen atoms in total. The molecule has 0 fully saturated rings. The van der Waals surface area contributed by atoms with Crippen LogP contribution in [0.5, 0.6) is 11.5 Å². The molecule has 0 radical (unpaired) electrons. The van der Waals surface area contributed by atoms with Gasteiger partial charge in [0.1, 0.15) is 11.5 Å². The van der Waals surface area contributed by atoms with Crippen LogP contribution in [0.4, 0.5) is 5.69 Å². The fourth-order valence-electron chi connectivity index (χ4n) is 2.73. The van der Waals surface area contributed by atoms with E-state index >= 15 is 0 Å². The number of benzene rings is 2. The Morgan fingerprint density at radius 2 is 1.62 bits per heavy atom. The second kappa shape index (κ2) is 9.65. The lowest BCUT2D eigenvalue weighted by Crippen LogP contribution is -2.38. The smallest absolute Gasteiger partial charge is 0.261 e. The number of anilines is 1. The van der Waals surface area contributed by atoms with E-state index in [0.29, 0.717) is 11.4 Å².